The Labute approximate surface area is 181 Å². The molecule has 0 radical (unpaired) electrons. The van der Waals surface area contributed by atoms with Crippen molar-refractivity contribution in [3.8, 4) is 0 Å². The lowest BCUT2D eigenvalue weighted by molar-refractivity contribution is -0.171. The highest BCUT2D eigenvalue weighted by atomic mass is 32.2. The Kier molecular flexibility index (Phi) is 6.91. The van der Waals surface area contributed by atoms with Gasteiger partial charge >= 0.3 is 18.2 Å². The van der Waals surface area contributed by atoms with Crippen LogP contribution in [0.15, 0.2) is 12.1 Å². The van der Waals surface area contributed by atoms with E-state index in [9.17, 15) is 36.3 Å². The van der Waals surface area contributed by atoms with Crippen molar-refractivity contribution in [1.82, 2.24) is 10.0 Å². The van der Waals surface area contributed by atoms with Gasteiger partial charge in [-0.25, -0.2) is 13.6 Å². The molecule has 2 aliphatic rings. The van der Waals surface area contributed by atoms with Crippen LogP contribution in [0.4, 0.5) is 38.1 Å². The van der Waals surface area contributed by atoms with E-state index in [1.54, 1.807) is 0 Å². The Morgan fingerprint density at radius 1 is 1.22 bits per heavy atom. The largest absolute Gasteiger partial charge is 0.472 e. The molecule has 0 bridgehead atoms. The first-order valence-corrected chi connectivity index (χ1v) is 10.8. The van der Waals surface area contributed by atoms with Gasteiger partial charge in [-0.15, -0.1) is 0 Å². The summed E-state index contributed by atoms with van der Waals surface area (Å²) in [5.41, 5.74) is -0.552. The molecule has 0 aliphatic carbocycles. The quantitative estimate of drug-likeness (QED) is 0.506. The Morgan fingerprint density at radius 3 is 2.47 bits per heavy atom. The van der Waals surface area contributed by atoms with Crippen LogP contribution in [0.1, 0.15) is 6.42 Å². The highest BCUT2D eigenvalue weighted by Crippen LogP contribution is 2.32. The predicted molar refractivity (Wildman–Crippen MR) is 108 cm³/mol. The number of carbonyl (C=O) groups is 3. The summed E-state index contributed by atoms with van der Waals surface area (Å²) in [4.78, 5) is 37.0. The van der Waals surface area contributed by atoms with Gasteiger partial charge in [0.05, 0.1) is 12.2 Å². The average molecular weight is 482 g/mol. The zero-order valence-electron chi connectivity index (χ0n) is 16.7. The molecule has 2 unspecified atom stereocenters. The topological polar surface area (TPSA) is 91.0 Å². The van der Waals surface area contributed by atoms with E-state index in [1.807, 2.05) is 4.72 Å². The second kappa shape index (κ2) is 9.30. The van der Waals surface area contributed by atoms with E-state index in [2.05, 4.69) is 5.32 Å². The van der Waals surface area contributed by atoms with Gasteiger partial charge in [-0.1, -0.05) is 10.7 Å². The summed E-state index contributed by atoms with van der Waals surface area (Å²) >= 11 is 0. The highest BCUT2D eigenvalue weighted by Gasteiger charge is 2.39. The van der Waals surface area contributed by atoms with Crippen LogP contribution >= 0.6 is 10.7 Å². The Balaban J connectivity index is 1.78. The van der Waals surface area contributed by atoms with Crippen molar-refractivity contribution in [2.75, 3.05) is 42.2 Å². The lowest BCUT2D eigenvalue weighted by Crippen LogP contribution is -2.35. The van der Waals surface area contributed by atoms with Crippen LogP contribution in [0.3, 0.4) is 0 Å². The number of cyclic esters (lactones) is 1. The maximum atomic E-state index is 14.8. The summed E-state index contributed by atoms with van der Waals surface area (Å²) < 4.78 is 73.7. The van der Waals surface area contributed by atoms with Crippen molar-refractivity contribution in [2.24, 2.45) is 0 Å². The van der Waals surface area contributed by atoms with Crippen LogP contribution < -0.4 is 19.8 Å². The molecule has 8 nitrogen and oxygen atoms in total. The number of halogens is 5. The number of hydrogen-bond acceptors (Lipinski definition) is 5. The van der Waals surface area contributed by atoms with Crippen molar-refractivity contribution in [3.05, 3.63) is 23.8 Å². The Hall–Kier alpha value is -2.90. The molecule has 1 saturated heterocycles. The number of carbonyl (C=O) groups excluding carboxylic acids is 3. The SMILES string of the molecule is CNC(=O)C1CN(c2cc(F)c(N3CC=S(NC(=O)C(F)(F)F)CCC3)c(F)c2)C(=O)O1. The molecule has 176 valence electrons. The molecule has 3 amide bonds. The van der Waals surface area contributed by atoms with Crippen LogP contribution in [-0.2, 0) is 14.3 Å². The lowest BCUT2D eigenvalue weighted by Gasteiger charge is -2.24. The van der Waals surface area contributed by atoms with Gasteiger partial charge in [-0.05, 0) is 11.8 Å². The lowest BCUT2D eigenvalue weighted by atomic mass is 10.2. The zero-order valence-corrected chi connectivity index (χ0v) is 17.5. The number of hydrogen-bond donors (Lipinski definition) is 2. The molecule has 32 heavy (non-hydrogen) atoms. The van der Waals surface area contributed by atoms with Crippen molar-refractivity contribution in [2.45, 2.75) is 18.7 Å². The van der Waals surface area contributed by atoms with Gasteiger partial charge in [0, 0.05) is 38.0 Å². The number of nitrogens with zero attached hydrogens (tertiary/aromatic N) is 2. The van der Waals surface area contributed by atoms with E-state index in [0.29, 0.717) is 0 Å². The van der Waals surface area contributed by atoms with Gasteiger partial charge in [-0.3, -0.25) is 19.2 Å². The van der Waals surface area contributed by atoms with Crippen LogP contribution in [0.25, 0.3) is 0 Å². The third kappa shape index (κ3) is 5.11. The van der Waals surface area contributed by atoms with Crippen LogP contribution in [-0.4, -0.2) is 68.0 Å². The smallest absolute Gasteiger partial charge is 0.434 e. The van der Waals surface area contributed by atoms with Gasteiger partial charge in [0.25, 0.3) is 5.91 Å². The number of rotatable bonds is 4. The maximum Gasteiger partial charge on any atom is 0.472 e. The number of likely N-dealkylation sites (N-methyl/N-ethyl adjacent to an activating group) is 1. The monoisotopic (exact) mass is 482 g/mol. The van der Waals surface area contributed by atoms with Crippen LogP contribution in [0.5, 0.6) is 0 Å². The molecular formula is C18H19F5N4O4S. The second-order valence-electron chi connectivity index (χ2n) is 6.88. The summed E-state index contributed by atoms with van der Waals surface area (Å²) in [5, 5.41) is 3.68. The summed E-state index contributed by atoms with van der Waals surface area (Å²) in [7, 11) is 0.147. The number of benzene rings is 1. The van der Waals surface area contributed by atoms with E-state index < -0.39 is 58.2 Å². The summed E-state index contributed by atoms with van der Waals surface area (Å²) in [6, 6.07) is 1.84. The van der Waals surface area contributed by atoms with Gasteiger partial charge in [0.1, 0.15) is 5.69 Å². The number of anilines is 2. The fourth-order valence-corrected chi connectivity index (χ4v) is 4.73. The first-order valence-electron chi connectivity index (χ1n) is 9.35. The minimum atomic E-state index is -5.02. The Bertz CT molecular complexity index is 948. The predicted octanol–water partition coefficient (Wildman–Crippen LogP) is 1.91. The third-order valence-electron chi connectivity index (χ3n) is 4.75. The number of ether oxygens (including phenoxy) is 1. The second-order valence-corrected chi connectivity index (χ2v) is 8.69. The number of amides is 3. The van der Waals surface area contributed by atoms with Gasteiger partial charge in [-0.2, -0.15) is 13.2 Å². The van der Waals surface area contributed by atoms with Crippen molar-refractivity contribution in [3.63, 3.8) is 0 Å². The summed E-state index contributed by atoms with van der Waals surface area (Å²) in [5.74, 6) is -4.43. The van der Waals surface area contributed by atoms with Crippen molar-refractivity contribution >= 4 is 45.3 Å². The molecule has 2 heterocycles. The molecule has 2 N–H and O–H groups in total. The van der Waals surface area contributed by atoms with E-state index in [-0.39, 0.29) is 37.5 Å². The van der Waals surface area contributed by atoms with Gasteiger partial charge < -0.3 is 15.0 Å². The van der Waals surface area contributed by atoms with Crippen molar-refractivity contribution < 1.29 is 41.1 Å². The van der Waals surface area contributed by atoms with Crippen molar-refractivity contribution in [1.29, 1.82) is 0 Å². The van der Waals surface area contributed by atoms with Crippen LogP contribution in [0.2, 0.25) is 0 Å². The highest BCUT2D eigenvalue weighted by molar-refractivity contribution is 8.13. The molecule has 0 aromatic heterocycles. The molecule has 0 spiro atoms. The molecule has 0 saturated carbocycles. The minimum absolute atomic E-state index is 0.0983. The van der Waals surface area contributed by atoms with E-state index in [1.165, 1.54) is 17.3 Å². The number of alkyl halides is 3. The van der Waals surface area contributed by atoms with E-state index >= 15 is 0 Å². The summed E-state index contributed by atoms with van der Waals surface area (Å²) in [6.07, 6.45) is -6.79. The Morgan fingerprint density at radius 2 is 1.88 bits per heavy atom. The van der Waals surface area contributed by atoms with Gasteiger partial charge in [0.15, 0.2) is 17.7 Å². The fraction of sp³-hybridized carbons (Fsp3) is 0.444. The molecule has 2 aliphatic heterocycles. The molecule has 1 aromatic rings. The molecule has 1 fully saturated rings. The zero-order chi connectivity index (χ0) is 23.6. The molecule has 14 heteroatoms. The summed E-state index contributed by atoms with van der Waals surface area (Å²) in [6.45, 7) is -0.186. The standard InChI is InChI=1S/C18H19F5N4O4S/c1-24-15(28)13-9-27(17(30)31-13)10-7-11(19)14(12(20)8-10)26-3-2-5-32(6-4-26)25-16(29)18(21,22)23/h6-8,13H,2-5,9H2,1H3,(H,24,28)(H,25,29). The number of nitrogens with one attached hydrogen (secondary N) is 2. The third-order valence-corrected chi connectivity index (χ3v) is 6.48. The maximum absolute atomic E-state index is 14.8. The average Bonchev–Trinajstić information content (AvgIpc) is 2.96. The molecule has 3 rings (SSSR count). The van der Waals surface area contributed by atoms with E-state index in [0.717, 1.165) is 17.0 Å². The van der Waals surface area contributed by atoms with Gasteiger partial charge in [0.2, 0.25) is 0 Å². The molecular weight excluding hydrogens is 463 g/mol. The normalized spacial score (nSPS) is 21.5. The fourth-order valence-electron chi connectivity index (χ4n) is 3.22. The minimum Gasteiger partial charge on any atom is -0.434 e. The van der Waals surface area contributed by atoms with E-state index in [4.69, 9.17) is 4.74 Å². The van der Waals surface area contributed by atoms with Crippen LogP contribution in [0, 0.1) is 11.6 Å². The first kappa shape index (κ1) is 23.8. The first-order chi connectivity index (χ1) is 15.0. The molecule has 2 atom stereocenters. The molecule has 1 aromatic carbocycles.